The monoisotopic (exact) mass is 543 g/mol. The molecular weight excluding hydrogens is 497 g/mol. The van der Waals surface area contributed by atoms with Gasteiger partial charge in [0.05, 0.1) is 19.0 Å². The fraction of sp³-hybridized carbons (Fsp3) is 0.724. The number of rotatable bonds is 13. The number of aryl methyl sites for hydroxylation is 1. The number of halogens is 1. The normalized spacial score (nSPS) is 19.6. The lowest BCUT2D eigenvalue weighted by atomic mass is 9.91. The quantitative estimate of drug-likeness (QED) is 0.292. The third-order valence-electron chi connectivity index (χ3n) is 7.51. The predicted octanol–water partition coefficient (Wildman–Crippen LogP) is 5.37. The molecule has 4 rings (SSSR count). The van der Waals surface area contributed by atoms with Crippen LogP contribution >= 0.6 is 0 Å². The van der Waals surface area contributed by atoms with Gasteiger partial charge in [0.15, 0.2) is 5.82 Å². The number of aromatic nitrogens is 4. The number of anilines is 1. The van der Waals surface area contributed by atoms with Gasteiger partial charge in [-0.2, -0.15) is 5.10 Å². The van der Waals surface area contributed by atoms with Crippen LogP contribution in [0.3, 0.4) is 0 Å². The minimum absolute atomic E-state index is 0.268. The van der Waals surface area contributed by atoms with Crippen LogP contribution in [0.1, 0.15) is 90.7 Å². The first-order chi connectivity index (χ1) is 18.7. The molecule has 0 radical (unpaired) electrons. The maximum atomic E-state index is 14.7. The van der Waals surface area contributed by atoms with Gasteiger partial charge in [0, 0.05) is 35.9 Å². The lowest BCUT2D eigenvalue weighted by molar-refractivity contribution is 0.135. The molecule has 0 aromatic carbocycles. The average molecular weight is 544 g/mol. The van der Waals surface area contributed by atoms with E-state index in [0.29, 0.717) is 30.2 Å². The van der Waals surface area contributed by atoms with Crippen LogP contribution in [0.25, 0.3) is 11.3 Å². The largest absolute Gasteiger partial charge is 0.450 e. The molecule has 2 aromatic rings. The minimum Gasteiger partial charge on any atom is -0.450 e. The maximum absolute atomic E-state index is 14.7. The number of carbonyl (C=O) groups is 1. The molecule has 0 unspecified atom stereocenters. The predicted molar refractivity (Wildman–Crippen MR) is 151 cm³/mol. The van der Waals surface area contributed by atoms with Crippen molar-refractivity contribution in [1.82, 2.24) is 30.4 Å². The summed E-state index contributed by atoms with van der Waals surface area (Å²) in [6, 6.07) is 0.814. The molecule has 39 heavy (non-hydrogen) atoms. The van der Waals surface area contributed by atoms with Crippen molar-refractivity contribution in [2.24, 2.45) is 13.0 Å². The van der Waals surface area contributed by atoms with E-state index in [4.69, 9.17) is 4.74 Å². The van der Waals surface area contributed by atoms with Crippen LogP contribution in [0, 0.1) is 11.7 Å². The highest BCUT2D eigenvalue weighted by atomic mass is 19.1. The van der Waals surface area contributed by atoms with E-state index < -0.39 is 5.82 Å². The van der Waals surface area contributed by atoms with Crippen molar-refractivity contribution in [1.29, 1.82) is 0 Å². The SMILES string of the molecule is Cn1ncc(-c2nc(NC3CCC(NCCCCCCOC(=O)NC(C)(C)C)CC3)ncc2F)c1CC1CC1. The number of amides is 1. The first kappa shape index (κ1) is 29.2. The Morgan fingerprint density at radius 1 is 1.05 bits per heavy atom. The van der Waals surface area contributed by atoms with E-state index in [1.54, 1.807) is 6.20 Å². The third kappa shape index (κ3) is 9.44. The molecule has 2 aliphatic carbocycles. The molecule has 3 N–H and O–H groups in total. The Hall–Kier alpha value is -2.75. The number of alkyl carbamates (subject to hydrolysis) is 1. The lowest BCUT2D eigenvalue weighted by Crippen LogP contribution is -2.41. The Morgan fingerprint density at radius 2 is 1.77 bits per heavy atom. The van der Waals surface area contributed by atoms with Crippen molar-refractivity contribution in [3.05, 3.63) is 23.9 Å². The summed E-state index contributed by atoms with van der Waals surface area (Å²) in [4.78, 5) is 20.5. The zero-order chi connectivity index (χ0) is 27.8. The van der Waals surface area contributed by atoms with Gasteiger partial charge in [-0.1, -0.05) is 12.8 Å². The molecule has 0 saturated heterocycles. The van der Waals surface area contributed by atoms with Crippen LogP contribution in [0.15, 0.2) is 12.4 Å². The number of hydrogen-bond donors (Lipinski definition) is 3. The van der Waals surface area contributed by atoms with Gasteiger partial charge in [-0.15, -0.1) is 0 Å². The topological polar surface area (TPSA) is 106 Å². The van der Waals surface area contributed by atoms with Gasteiger partial charge in [0.25, 0.3) is 0 Å². The van der Waals surface area contributed by atoms with Crippen molar-refractivity contribution in [2.75, 3.05) is 18.5 Å². The van der Waals surface area contributed by atoms with Gasteiger partial charge in [-0.3, -0.25) is 4.68 Å². The highest BCUT2D eigenvalue weighted by Crippen LogP contribution is 2.36. The molecule has 2 aliphatic rings. The van der Waals surface area contributed by atoms with E-state index in [1.165, 1.54) is 19.0 Å². The summed E-state index contributed by atoms with van der Waals surface area (Å²) >= 11 is 0. The molecule has 0 bridgehead atoms. The van der Waals surface area contributed by atoms with Crippen LogP contribution in [-0.2, 0) is 18.2 Å². The van der Waals surface area contributed by atoms with Crippen molar-refractivity contribution >= 4 is 12.0 Å². The highest BCUT2D eigenvalue weighted by Gasteiger charge is 2.27. The maximum Gasteiger partial charge on any atom is 0.407 e. The molecule has 0 spiro atoms. The molecule has 10 heteroatoms. The lowest BCUT2D eigenvalue weighted by Gasteiger charge is -2.30. The van der Waals surface area contributed by atoms with Crippen LogP contribution in [0.5, 0.6) is 0 Å². The van der Waals surface area contributed by atoms with Crippen molar-refractivity contribution in [3.8, 4) is 11.3 Å². The second kappa shape index (κ2) is 13.5. The number of nitrogens with zero attached hydrogens (tertiary/aromatic N) is 4. The fourth-order valence-electron chi connectivity index (χ4n) is 5.14. The van der Waals surface area contributed by atoms with Gasteiger partial charge in [-0.25, -0.2) is 19.2 Å². The first-order valence-electron chi connectivity index (χ1n) is 14.7. The smallest absolute Gasteiger partial charge is 0.407 e. The molecule has 0 aliphatic heterocycles. The molecule has 216 valence electrons. The summed E-state index contributed by atoms with van der Waals surface area (Å²) in [6.45, 7) is 7.29. The van der Waals surface area contributed by atoms with Crippen molar-refractivity contribution < 1.29 is 13.9 Å². The summed E-state index contributed by atoms with van der Waals surface area (Å²) in [5.41, 5.74) is 1.89. The van der Waals surface area contributed by atoms with Crippen LogP contribution in [-0.4, -0.2) is 56.6 Å². The zero-order valence-corrected chi connectivity index (χ0v) is 24.1. The Balaban J connectivity index is 1.12. The highest BCUT2D eigenvalue weighted by molar-refractivity contribution is 5.68. The van der Waals surface area contributed by atoms with E-state index in [0.717, 1.165) is 75.6 Å². The summed E-state index contributed by atoms with van der Waals surface area (Å²) in [5, 5.41) is 14.3. The number of carbonyl (C=O) groups excluding carboxylic acids is 1. The summed E-state index contributed by atoms with van der Waals surface area (Å²) in [5.74, 6) is 0.763. The second-order valence-corrected chi connectivity index (χ2v) is 12.2. The first-order valence-corrected chi connectivity index (χ1v) is 14.7. The minimum atomic E-state index is -0.405. The van der Waals surface area contributed by atoms with Gasteiger partial charge < -0.3 is 20.7 Å². The van der Waals surface area contributed by atoms with Crippen molar-refractivity contribution in [3.63, 3.8) is 0 Å². The van der Waals surface area contributed by atoms with Gasteiger partial charge in [0.1, 0.15) is 5.69 Å². The summed E-state index contributed by atoms with van der Waals surface area (Å²) in [7, 11) is 1.91. The van der Waals surface area contributed by atoms with E-state index in [9.17, 15) is 9.18 Å². The molecule has 1 amide bonds. The molecular formula is C29H46FN7O2. The Labute approximate surface area is 232 Å². The zero-order valence-electron chi connectivity index (χ0n) is 24.1. The van der Waals surface area contributed by atoms with Crippen molar-refractivity contribution in [2.45, 2.75) is 109 Å². The molecule has 2 aromatic heterocycles. The van der Waals surface area contributed by atoms with Crippen LogP contribution in [0.4, 0.5) is 15.1 Å². The Morgan fingerprint density at radius 3 is 2.49 bits per heavy atom. The number of hydrogen-bond acceptors (Lipinski definition) is 7. The number of unbranched alkanes of at least 4 members (excludes halogenated alkanes) is 3. The van der Waals surface area contributed by atoms with Gasteiger partial charge >= 0.3 is 6.09 Å². The fourth-order valence-corrected chi connectivity index (χ4v) is 5.14. The summed E-state index contributed by atoms with van der Waals surface area (Å²) < 4.78 is 21.8. The molecule has 2 heterocycles. The number of nitrogens with one attached hydrogen (secondary N) is 3. The average Bonchev–Trinajstić information content (AvgIpc) is 3.63. The van der Waals surface area contributed by atoms with Gasteiger partial charge in [-0.05, 0) is 91.0 Å². The second-order valence-electron chi connectivity index (χ2n) is 12.2. The van der Waals surface area contributed by atoms with Crippen LogP contribution < -0.4 is 16.0 Å². The standard InChI is InChI=1S/C29H46FN7O2/c1-29(2,3)36-28(38)39-16-8-6-5-7-15-31-21-11-13-22(14-12-21)34-27-32-19-24(30)26(35-27)23-18-33-37(4)25(23)17-20-9-10-20/h18-22,31H,5-17H2,1-4H3,(H,36,38)(H,32,34,35). The Kier molecular flexibility index (Phi) is 10.2. The summed E-state index contributed by atoms with van der Waals surface area (Å²) in [6.07, 6.45) is 14.5. The van der Waals surface area contributed by atoms with E-state index >= 15 is 0 Å². The van der Waals surface area contributed by atoms with E-state index in [-0.39, 0.29) is 17.7 Å². The Bertz CT molecular complexity index is 1070. The third-order valence-corrected chi connectivity index (χ3v) is 7.51. The van der Waals surface area contributed by atoms with E-state index in [2.05, 4.69) is 31.0 Å². The van der Waals surface area contributed by atoms with Gasteiger partial charge in [0.2, 0.25) is 5.95 Å². The molecule has 2 saturated carbocycles. The molecule has 0 atom stereocenters. The van der Waals surface area contributed by atoms with Crippen LogP contribution in [0.2, 0.25) is 0 Å². The molecule has 9 nitrogen and oxygen atoms in total. The molecule has 2 fully saturated rings. The van der Waals surface area contributed by atoms with E-state index in [1.807, 2.05) is 32.5 Å². The number of ether oxygens (including phenoxy) is 1.